The van der Waals surface area contributed by atoms with Crippen LogP contribution in [0, 0.1) is 19.7 Å². The summed E-state index contributed by atoms with van der Waals surface area (Å²) >= 11 is 0. The van der Waals surface area contributed by atoms with Gasteiger partial charge in [0.15, 0.2) is 0 Å². The predicted molar refractivity (Wildman–Crippen MR) is 99.6 cm³/mol. The SMILES string of the molecule is CO.Cc1nc(C)c2ccn(C3CCC(C(O)c4ccc(F)cc4)O3)c2n1. The summed E-state index contributed by atoms with van der Waals surface area (Å²) < 4.78 is 21.2. The third-order valence-electron chi connectivity index (χ3n) is 4.78. The lowest BCUT2D eigenvalue weighted by atomic mass is 10.0. The molecule has 1 aliphatic rings. The molecule has 2 N–H and O–H groups in total. The summed E-state index contributed by atoms with van der Waals surface area (Å²) in [5, 5.41) is 18.6. The Balaban J connectivity index is 0.00000102. The van der Waals surface area contributed by atoms with Crippen molar-refractivity contribution in [2.75, 3.05) is 7.11 Å². The number of ether oxygens (including phenoxy) is 1. The maximum Gasteiger partial charge on any atom is 0.145 e. The molecule has 1 fully saturated rings. The number of aliphatic hydroxyl groups is 2. The summed E-state index contributed by atoms with van der Waals surface area (Å²) in [6.45, 7) is 3.85. The van der Waals surface area contributed by atoms with Crippen molar-refractivity contribution in [3.8, 4) is 0 Å². The molecule has 144 valence electrons. The van der Waals surface area contributed by atoms with Crippen LogP contribution in [0.15, 0.2) is 36.5 Å². The van der Waals surface area contributed by atoms with E-state index in [1.165, 1.54) is 12.1 Å². The van der Waals surface area contributed by atoms with Crippen LogP contribution in [-0.2, 0) is 4.74 Å². The van der Waals surface area contributed by atoms with E-state index < -0.39 is 6.10 Å². The fourth-order valence-corrected chi connectivity index (χ4v) is 3.51. The molecule has 1 aromatic carbocycles. The van der Waals surface area contributed by atoms with Gasteiger partial charge in [0.2, 0.25) is 0 Å². The molecule has 0 spiro atoms. The Morgan fingerprint density at radius 2 is 1.81 bits per heavy atom. The quantitative estimate of drug-likeness (QED) is 0.737. The van der Waals surface area contributed by atoms with Crippen molar-refractivity contribution in [2.45, 2.75) is 45.1 Å². The highest BCUT2D eigenvalue weighted by atomic mass is 19.1. The zero-order valence-corrected chi connectivity index (χ0v) is 15.6. The summed E-state index contributed by atoms with van der Waals surface area (Å²) in [5.41, 5.74) is 2.47. The summed E-state index contributed by atoms with van der Waals surface area (Å²) in [4.78, 5) is 8.94. The molecule has 7 heteroatoms. The molecule has 0 amide bonds. The minimum absolute atomic E-state index is 0.175. The lowest BCUT2D eigenvalue weighted by Gasteiger charge is -2.20. The number of benzene rings is 1. The van der Waals surface area contributed by atoms with Gasteiger partial charge in [0.05, 0.1) is 11.8 Å². The van der Waals surface area contributed by atoms with Gasteiger partial charge in [-0.2, -0.15) is 0 Å². The second-order valence-electron chi connectivity index (χ2n) is 6.52. The Hall–Kier alpha value is -2.35. The Morgan fingerprint density at radius 1 is 1.11 bits per heavy atom. The number of aryl methyl sites for hydroxylation is 2. The fraction of sp³-hybridized carbons (Fsp3) is 0.400. The second-order valence-corrected chi connectivity index (χ2v) is 6.52. The van der Waals surface area contributed by atoms with E-state index >= 15 is 0 Å². The molecule has 0 saturated carbocycles. The second kappa shape index (κ2) is 8.12. The summed E-state index contributed by atoms with van der Waals surface area (Å²) in [6.07, 6.45) is 2.21. The first-order valence-electron chi connectivity index (χ1n) is 8.88. The van der Waals surface area contributed by atoms with Crippen molar-refractivity contribution in [3.63, 3.8) is 0 Å². The van der Waals surface area contributed by atoms with Gasteiger partial charge in [-0.1, -0.05) is 12.1 Å². The Labute approximate surface area is 157 Å². The van der Waals surface area contributed by atoms with E-state index in [-0.39, 0.29) is 18.1 Å². The highest BCUT2D eigenvalue weighted by Crippen LogP contribution is 2.36. The zero-order valence-electron chi connectivity index (χ0n) is 15.6. The Bertz CT molecular complexity index is 911. The van der Waals surface area contributed by atoms with Crippen LogP contribution < -0.4 is 0 Å². The van der Waals surface area contributed by atoms with E-state index in [0.717, 1.165) is 42.5 Å². The molecule has 3 aromatic rings. The Kier molecular flexibility index (Phi) is 5.84. The van der Waals surface area contributed by atoms with Gasteiger partial charge in [-0.05, 0) is 50.5 Å². The van der Waals surface area contributed by atoms with Crippen molar-refractivity contribution in [1.82, 2.24) is 14.5 Å². The molecular formula is C20H24FN3O3. The number of hydrogen-bond donors (Lipinski definition) is 2. The molecule has 3 unspecified atom stereocenters. The number of aromatic nitrogens is 3. The Morgan fingerprint density at radius 3 is 2.52 bits per heavy atom. The molecule has 2 aromatic heterocycles. The number of nitrogens with zero attached hydrogens (tertiary/aromatic N) is 3. The van der Waals surface area contributed by atoms with Gasteiger partial charge in [0.25, 0.3) is 0 Å². The fourth-order valence-electron chi connectivity index (χ4n) is 3.51. The van der Waals surface area contributed by atoms with Crippen LogP contribution in [0.1, 0.15) is 42.3 Å². The third-order valence-corrected chi connectivity index (χ3v) is 4.78. The van der Waals surface area contributed by atoms with Gasteiger partial charge in [-0.3, -0.25) is 0 Å². The molecule has 0 bridgehead atoms. The summed E-state index contributed by atoms with van der Waals surface area (Å²) in [5.74, 6) is 0.413. The van der Waals surface area contributed by atoms with Crippen LogP contribution in [0.4, 0.5) is 4.39 Å². The van der Waals surface area contributed by atoms with Gasteiger partial charge in [-0.15, -0.1) is 0 Å². The van der Waals surface area contributed by atoms with Crippen LogP contribution in [0.2, 0.25) is 0 Å². The average molecular weight is 373 g/mol. The molecule has 3 heterocycles. The molecule has 1 aliphatic heterocycles. The smallest absolute Gasteiger partial charge is 0.145 e. The van der Waals surface area contributed by atoms with Crippen LogP contribution >= 0.6 is 0 Å². The largest absolute Gasteiger partial charge is 0.400 e. The van der Waals surface area contributed by atoms with Gasteiger partial charge in [0, 0.05) is 18.7 Å². The van der Waals surface area contributed by atoms with Crippen molar-refractivity contribution >= 4 is 11.0 Å². The van der Waals surface area contributed by atoms with Gasteiger partial charge in [-0.25, -0.2) is 14.4 Å². The van der Waals surface area contributed by atoms with Crippen LogP contribution in [0.5, 0.6) is 0 Å². The lowest BCUT2D eigenvalue weighted by molar-refractivity contribution is -0.0590. The monoisotopic (exact) mass is 373 g/mol. The summed E-state index contributed by atoms with van der Waals surface area (Å²) in [7, 11) is 1.00. The first-order valence-corrected chi connectivity index (χ1v) is 8.88. The van der Waals surface area contributed by atoms with Crippen LogP contribution in [-0.4, -0.2) is 38.0 Å². The molecule has 4 rings (SSSR count). The molecule has 1 saturated heterocycles. The first kappa shape index (κ1) is 19.4. The molecular weight excluding hydrogens is 349 g/mol. The van der Waals surface area contributed by atoms with Crippen LogP contribution in [0.3, 0.4) is 0 Å². The molecule has 0 radical (unpaired) electrons. The highest BCUT2D eigenvalue weighted by Gasteiger charge is 2.33. The summed E-state index contributed by atoms with van der Waals surface area (Å²) in [6, 6.07) is 7.90. The van der Waals surface area contributed by atoms with Crippen molar-refractivity contribution < 1.29 is 19.3 Å². The minimum atomic E-state index is -0.773. The molecule has 6 nitrogen and oxygen atoms in total. The average Bonchev–Trinajstić information content (AvgIpc) is 3.30. The topological polar surface area (TPSA) is 80.4 Å². The standard InChI is InChI=1S/C19H20FN3O2.CH4O/c1-11-15-9-10-23(19(15)22-12(2)21-11)17-8-7-16(25-17)18(24)13-3-5-14(20)6-4-13;1-2/h3-6,9-10,16-18,24H,7-8H2,1-2H3;2H,1H3. The highest BCUT2D eigenvalue weighted by molar-refractivity contribution is 5.78. The van der Waals surface area contributed by atoms with Gasteiger partial charge < -0.3 is 19.5 Å². The number of fused-ring (bicyclic) bond motifs is 1. The maximum absolute atomic E-state index is 13.1. The number of hydrogen-bond acceptors (Lipinski definition) is 5. The van der Waals surface area contributed by atoms with E-state index in [2.05, 4.69) is 9.97 Å². The third kappa shape index (κ3) is 3.85. The number of halogens is 1. The minimum Gasteiger partial charge on any atom is -0.400 e. The van der Waals surface area contributed by atoms with E-state index in [1.54, 1.807) is 12.1 Å². The van der Waals surface area contributed by atoms with Gasteiger partial charge in [0.1, 0.15) is 29.6 Å². The van der Waals surface area contributed by atoms with Gasteiger partial charge >= 0.3 is 0 Å². The normalized spacial score (nSPS) is 20.4. The van der Waals surface area contributed by atoms with E-state index in [4.69, 9.17) is 9.84 Å². The molecule has 27 heavy (non-hydrogen) atoms. The number of aliphatic hydroxyl groups excluding tert-OH is 2. The van der Waals surface area contributed by atoms with Crippen molar-refractivity contribution in [2.24, 2.45) is 0 Å². The first-order chi connectivity index (χ1) is 13.0. The zero-order chi connectivity index (χ0) is 19.6. The van der Waals surface area contributed by atoms with E-state index in [1.807, 2.05) is 30.7 Å². The van der Waals surface area contributed by atoms with Crippen molar-refractivity contribution in [1.29, 1.82) is 0 Å². The lowest BCUT2D eigenvalue weighted by Crippen LogP contribution is -2.19. The van der Waals surface area contributed by atoms with E-state index in [0.29, 0.717) is 5.56 Å². The predicted octanol–water partition coefficient (Wildman–Crippen LogP) is 3.21. The maximum atomic E-state index is 13.1. The molecule has 0 aliphatic carbocycles. The molecule has 3 atom stereocenters. The van der Waals surface area contributed by atoms with Crippen molar-refractivity contribution in [3.05, 3.63) is 59.4 Å². The number of rotatable bonds is 3. The van der Waals surface area contributed by atoms with E-state index in [9.17, 15) is 9.50 Å². The van der Waals surface area contributed by atoms with Crippen LogP contribution in [0.25, 0.3) is 11.0 Å².